The molecule has 0 aliphatic rings. The molecule has 4 amide bonds. The molecule has 0 saturated carbocycles. The Labute approximate surface area is 184 Å². The fourth-order valence-corrected chi connectivity index (χ4v) is 2.68. The lowest BCUT2D eigenvalue weighted by Crippen LogP contribution is -2.60. The average Bonchev–Trinajstić information content (AvgIpc) is 2.70. The highest BCUT2D eigenvalue weighted by molar-refractivity contribution is 5.95. The van der Waals surface area contributed by atoms with E-state index in [1.807, 2.05) is 0 Å². The minimum Gasteiger partial charge on any atom is -0.480 e. The summed E-state index contributed by atoms with van der Waals surface area (Å²) in [6, 6.07) is 3.49. The monoisotopic (exact) mass is 451 g/mol. The Morgan fingerprint density at radius 3 is 1.94 bits per heavy atom. The fourth-order valence-electron chi connectivity index (χ4n) is 2.68. The van der Waals surface area contributed by atoms with Crippen molar-refractivity contribution >= 4 is 29.6 Å². The van der Waals surface area contributed by atoms with E-state index in [4.69, 9.17) is 16.6 Å². The summed E-state index contributed by atoms with van der Waals surface area (Å²) in [6.45, 7) is 2.64. The van der Waals surface area contributed by atoms with Crippen LogP contribution in [-0.2, 0) is 30.4 Å². The first-order valence-electron chi connectivity index (χ1n) is 9.82. The summed E-state index contributed by atoms with van der Waals surface area (Å²) in [5.74, 6) is -4.92. The molecule has 0 fully saturated rings. The van der Waals surface area contributed by atoms with Gasteiger partial charge in [-0.15, -0.1) is 0 Å². The molecule has 12 heteroatoms. The third kappa shape index (κ3) is 8.70. The van der Waals surface area contributed by atoms with E-state index in [0.29, 0.717) is 5.56 Å². The van der Waals surface area contributed by atoms with Crippen molar-refractivity contribution < 1.29 is 34.2 Å². The predicted molar refractivity (Wildman–Crippen MR) is 113 cm³/mol. The van der Waals surface area contributed by atoms with Crippen molar-refractivity contribution in [2.45, 2.75) is 57.0 Å². The maximum absolute atomic E-state index is 12.9. The van der Waals surface area contributed by atoms with Gasteiger partial charge in [0.25, 0.3) is 0 Å². The second-order valence-corrected chi connectivity index (χ2v) is 7.34. The van der Waals surface area contributed by atoms with Gasteiger partial charge in [-0.1, -0.05) is 30.3 Å². The van der Waals surface area contributed by atoms with Crippen LogP contribution in [0.2, 0.25) is 0 Å². The van der Waals surface area contributed by atoms with Gasteiger partial charge in [0.05, 0.1) is 18.6 Å². The molecular weight excluding hydrogens is 422 g/mol. The normalized spacial score (nSPS) is 15.4. The van der Waals surface area contributed by atoms with Crippen LogP contribution in [0.4, 0.5) is 0 Å². The topological polar surface area (TPSA) is 214 Å². The molecule has 5 unspecified atom stereocenters. The van der Waals surface area contributed by atoms with Crippen molar-refractivity contribution in [2.75, 3.05) is 0 Å². The van der Waals surface area contributed by atoms with Crippen LogP contribution in [0.5, 0.6) is 0 Å². The van der Waals surface area contributed by atoms with Crippen molar-refractivity contribution in [2.24, 2.45) is 11.5 Å². The van der Waals surface area contributed by atoms with E-state index in [0.717, 1.165) is 0 Å². The van der Waals surface area contributed by atoms with Crippen molar-refractivity contribution in [3.8, 4) is 0 Å². The fraction of sp³-hybridized carbons (Fsp3) is 0.450. The van der Waals surface area contributed by atoms with Gasteiger partial charge in [-0.2, -0.15) is 0 Å². The standard InChI is InChI=1S/C20H29N5O7/c1-10(21)17(28)23-13(8-12-6-4-3-5-7-12)18(29)25-16(11(2)26)19(30)24-14(20(31)32)9-15(22)27/h3-7,10-11,13-14,16,26H,8-9,21H2,1-2H3,(H2,22,27)(H,23,28)(H,24,30)(H,25,29)(H,31,32). The number of benzene rings is 1. The first-order valence-corrected chi connectivity index (χ1v) is 9.82. The van der Waals surface area contributed by atoms with Gasteiger partial charge >= 0.3 is 5.97 Å². The average molecular weight is 451 g/mol. The lowest BCUT2D eigenvalue weighted by Gasteiger charge is -2.26. The molecule has 0 spiro atoms. The molecule has 1 rings (SSSR count). The summed E-state index contributed by atoms with van der Waals surface area (Å²) in [6.07, 6.45) is -2.04. The van der Waals surface area contributed by atoms with Crippen LogP contribution in [0, 0.1) is 0 Å². The number of carbonyl (C=O) groups is 5. The SMILES string of the molecule is CC(N)C(=O)NC(Cc1ccccc1)C(=O)NC(C(=O)NC(CC(N)=O)C(=O)O)C(C)O. The smallest absolute Gasteiger partial charge is 0.326 e. The Kier molecular flexibility index (Phi) is 10.3. The minimum absolute atomic E-state index is 0.0682. The highest BCUT2D eigenvalue weighted by Gasteiger charge is 2.33. The summed E-state index contributed by atoms with van der Waals surface area (Å²) in [4.78, 5) is 59.7. The Morgan fingerprint density at radius 2 is 1.47 bits per heavy atom. The number of carboxylic acid groups (broad SMARTS) is 1. The molecule has 0 aromatic heterocycles. The lowest BCUT2D eigenvalue weighted by molar-refractivity contribution is -0.144. The van der Waals surface area contributed by atoms with E-state index in [1.54, 1.807) is 30.3 Å². The van der Waals surface area contributed by atoms with Crippen LogP contribution in [0.3, 0.4) is 0 Å². The number of amides is 4. The molecule has 0 radical (unpaired) electrons. The van der Waals surface area contributed by atoms with Gasteiger partial charge in [0, 0.05) is 6.42 Å². The Balaban J connectivity index is 3.02. The number of aliphatic hydroxyl groups excluding tert-OH is 1. The summed E-state index contributed by atoms with van der Waals surface area (Å²) in [5, 5.41) is 26.0. The summed E-state index contributed by atoms with van der Waals surface area (Å²) in [5.41, 5.74) is 11.3. The molecule has 0 heterocycles. The Morgan fingerprint density at radius 1 is 0.906 bits per heavy atom. The zero-order valence-corrected chi connectivity index (χ0v) is 17.8. The molecule has 1 aromatic carbocycles. The van der Waals surface area contributed by atoms with Crippen LogP contribution in [0.1, 0.15) is 25.8 Å². The quantitative estimate of drug-likeness (QED) is 0.178. The van der Waals surface area contributed by atoms with Gasteiger partial charge in [-0.25, -0.2) is 4.79 Å². The lowest BCUT2D eigenvalue weighted by atomic mass is 10.0. The number of hydrogen-bond acceptors (Lipinski definition) is 7. The maximum atomic E-state index is 12.9. The number of carbonyl (C=O) groups excluding carboxylic acids is 4. The first-order chi connectivity index (χ1) is 14.9. The summed E-state index contributed by atoms with van der Waals surface area (Å²) < 4.78 is 0. The number of aliphatic hydroxyl groups is 1. The zero-order valence-electron chi connectivity index (χ0n) is 17.8. The number of hydrogen-bond donors (Lipinski definition) is 7. The number of aliphatic carboxylic acids is 1. The van der Waals surface area contributed by atoms with Crippen LogP contribution >= 0.6 is 0 Å². The minimum atomic E-state index is -1.64. The van der Waals surface area contributed by atoms with E-state index in [1.165, 1.54) is 13.8 Å². The molecule has 176 valence electrons. The van der Waals surface area contributed by atoms with Crippen molar-refractivity contribution in [1.82, 2.24) is 16.0 Å². The largest absolute Gasteiger partial charge is 0.480 e. The van der Waals surface area contributed by atoms with E-state index < -0.39 is 66.3 Å². The number of primary amides is 1. The van der Waals surface area contributed by atoms with Crippen molar-refractivity contribution in [3.05, 3.63) is 35.9 Å². The number of nitrogens with one attached hydrogen (secondary N) is 3. The second-order valence-electron chi connectivity index (χ2n) is 7.34. The van der Waals surface area contributed by atoms with E-state index >= 15 is 0 Å². The van der Waals surface area contributed by atoms with Crippen LogP contribution in [0.25, 0.3) is 0 Å². The molecule has 0 bridgehead atoms. The van der Waals surface area contributed by atoms with Crippen LogP contribution in [-0.4, -0.2) is 70.1 Å². The number of rotatable bonds is 12. The maximum Gasteiger partial charge on any atom is 0.326 e. The Hall–Kier alpha value is -3.51. The highest BCUT2D eigenvalue weighted by Crippen LogP contribution is 2.06. The number of carboxylic acids is 1. The van der Waals surface area contributed by atoms with Crippen molar-refractivity contribution in [3.63, 3.8) is 0 Å². The number of nitrogens with two attached hydrogens (primary N) is 2. The summed E-state index contributed by atoms with van der Waals surface area (Å²) >= 11 is 0. The molecule has 32 heavy (non-hydrogen) atoms. The predicted octanol–water partition coefficient (Wildman–Crippen LogP) is -2.63. The van der Waals surface area contributed by atoms with Gasteiger partial charge < -0.3 is 37.6 Å². The van der Waals surface area contributed by atoms with Gasteiger partial charge in [0.2, 0.25) is 23.6 Å². The molecule has 5 atom stereocenters. The van der Waals surface area contributed by atoms with Crippen molar-refractivity contribution in [1.29, 1.82) is 0 Å². The summed E-state index contributed by atoms with van der Waals surface area (Å²) in [7, 11) is 0. The third-order valence-corrected chi connectivity index (χ3v) is 4.41. The van der Waals surface area contributed by atoms with Gasteiger partial charge in [0.1, 0.15) is 18.1 Å². The van der Waals surface area contributed by atoms with Gasteiger partial charge in [-0.3, -0.25) is 19.2 Å². The van der Waals surface area contributed by atoms with E-state index in [-0.39, 0.29) is 6.42 Å². The molecular formula is C20H29N5O7. The molecule has 12 nitrogen and oxygen atoms in total. The Bertz CT molecular complexity index is 829. The molecule has 9 N–H and O–H groups in total. The molecule has 0 aliphatic carbocycles. The third-order valence-electron chi connectivity index (χ3n) is 4.41. The van der Waals surface area contributed by atoms with Crippen LogP contribution < -0.4 is 27.4 Å². The first kappa shape index (κ1) is 26.5. The molecule has 1 aromatic rings. The highest BCUT2D eigenvalue weighted by atomic mass is 16.4. The second kappa shape index (κ2) is 12.4. The van der Waals surface area contributed by atoms with E-state index in [9.17, 15) is 29.1 Å². The van der Waals surface area contributed by atoms with Gasteiger partial charge in [0.15, 0.2) is 0 Å². The zero-order chi connectivity index (χ0) is 24.4. The molecule has 0 aliphatic heterocycles. The van der Waals surface area contributed by atoms with E-state index in [2.05, 4.69) is 16.0 Å². The van der Waals surface area contributed by atoms with Crippen LogP contribution in [0.15, 0.2) is 30.3 Å². The molecule has 0 saturated heterocycles. The van der Waals surface area contributed by atoms with Gasteiger partial charge in [-0.05, 0) is 19.4 Å².